The van der Waals surface area contributed by atoms with E-state index in [4.69, 9.17) is 16.3 Å². The molecule has 1 saturated carbocycles. The second kappa shape index (κ2) is 10.5. The van der Waals surface area contributed by atoms with Crippen LogP contribution in [-0.2, 0) is 26.8 Å². The summed E-state index contributed by atoms with van der Waals surface area (Å²) >= 11 is 7.11. The molecule has 0 amide bonds. The Labute approximate surface area is 200 Å². The molecule has 0 heterocycles. The minimum atomic E-state index is -1.43. The first kappa shape index (κ1) is 25.0. The van der Waals surface area contributed by atoms with Gasteiger partial charge in [-0.25, -0.2) is 0 Å². The molecule has 1 fully saturated rings. The maximum atomic E-state index is 13.7. The number of benzene rings is 2. The quantitative estimate of drug-likeness (QED) is 0.326. The zero-order valence-corrected chi connectivity index (χ0v) is 21.2. The van der Waals surface area contributed by atoms with Crippen LogP contribution in [-0.4, -0.2) is 20.5 Å². The van der Waals surface area contributed by atoms with Gasteiger partial charge in [0.15, 0.2) is 0 Å². The van der Waals surface area contributed by atoms with Crippen LogP contribution in [0.1, 0.15) is 64.0 Å². The van der Waals surface area contributed by atoms with Gasteiger partial charge in [-0.3, -0.25) is 9.00 Å². The number of rotatable bonds is 7. The first-order valence-corrected chi connectivity index (χ1v) is 13.2. The Hall–Kier alpha value is -1.65. The lowest BCUT2D eigenvalue weighted by Gasteiger charge is -2.45. The SMILES string of the molecule is Cc1ccc([S@@](=O)[C@@H](Cl)C2([C@@H](Cc3ccccc3)C(=O)OC(C)(C)C)CCCCC2)cc1. The third-order valence-electron chi connectivity index (χ3n) is 6.35. The second-order valence-electron chi connectivity index (χ2n) is 10.00. The lowest BCUT2D eigenvalue weighted by molar-refractivity contribution is -0.166. The summed E-state index contributed by atoms with van der Waals surface area (Å²) < 4.78 is 18.9. The van der Waals surface area contributed by atoms with E-state index in [1.807, 2.05) is 82.3 Å². The number of hydrogen-bond donors (Lipinski definition) is 0. The molecule has 0 unspecified atom stereocenters. The van der Waals surface area contributed by atoms with Crippen LogP contribution in [0.2, 0.25) is 0 Å². The van der Waals surface area contributed by atoms with Crippen molar-refractivity contribution in [1.29, 1.82) is 0 Å². The fourth-order valence-electron chi connectivity index (χ4n) is 4.69. The summed E-state index contributed by atoms with van der Waals surface area (Å²) in [4.78, 5) is 14.3. The van der Waals surface area contributed by atoms with Crippen LogP contribution in [0.3, 0.4) is 0 Å². The molecule has 3 atom stereocenters. The molecule has 174 valence electrons. The lowest BCUT2D eigenvalue weighted by atomic mass is 9.65. The molecule has 1 aliphatic rings. The molecule has 32 heavy (non-hydrogen) atoms. The first-order chi connectivity index (χ1) is 15.1. The Kier molecular flexibility index (Phi) is 8.21. The summed E-state index contributed by atoms with van der Waals surface area (Å²) in [6, 6.07) is 17.7. The smallest absolute Gasteiger partial charge is 0.310 e. The summed E-state index contributed by atoms with van der Waals surface area (Å²) in [6.07, 6.45) is 5.13. The first-order valence-electron chi connectivity index (χ1n) is 11.5. The Bertz CT molecular complexity index is 912. The predicted octanol–water partition coefficient (Wildman–Crippen LogP) is 6.82. The van der Waals surface area contributed by atoms with Crippen molar-refractivity contribution < 1.29 is 13.7 Å². The summed E-state index contributed by atoms with van der Waals surface area (Å²) in [7, 11) is -1.43. The van der Waals surface area contributed by atoms with Gasteiger partial charge < -0.3 is 4.74 Å². The molecule has 0 spiro atoms. The Morgan fingerprint density at radius 2 is 1.62 bits per heavy atom. The van der Waals surface area contributed by atoms with Crippen molar-refractivity contribution in [3.05, 3.63) is 65.7 Å². The van der Waals surface area contributed by atoms with E-state index in [9.17, 15) is 9.00 Å². The van der Waals surface area contributed by atoms with Crippen LogP contribution in [0, 0.1) is 18.3 Å². The standard InChI is InChI=1S/C27H35ClO3S/c1-20-13-15-22(16-14-20)32(30)25(28)27(17-9-6-10-18-27)23(24(29)31-26(2,3)4)19-21-11-7-5-8-12-21/h5,7-8,11-16,23,25H,6,9-10,17-19H2,1-4H3/t23-,25+,32+/m0/s1. The van der Waals surface area contributed by atoms with Gasteiger partial charge in [0, 0.05) is 10.3 Å². The van der Waals surface area contributed by atoms with Crippen LogP contribution in [0.4, 0.5) is 0 Å². The normalized spacial score (nSPS) is 19.0. The molecule has 0 N–H and O–H groups in total. The van der Waals surface area contributed by atoms with Gasteiger partial charge in [0.2, 0.25) is 0 Å². The molecule has 1 aliphatic carbocycles. The molecule has 3 nitrogen and oxygen atoms in total. The molecule has 3 rings (SSSR count). The Morgan fingerprint density at radius 1 is 1.03 bits per heavy atom. The molecular weight excluding hydrogens is 440 g/mol. The summed E-state index contributed by atoms with van der Waals surface area (Å²) in [5, 5.41) is 0. The monoisotopic (exact) mass is 474 g/mol. The minimum absolute atomic E-state index is 0.241. The van der Waals surface area contributed by atoms with Crippen molar-refractivity contribution in [2.45, 2.75) is 81.4 Å². The van der Waals surface area contributed by atoms with E-state index < -0.39 is 32.4 Å². The van der Waals surface area contributed by atoms with Crippen molar-refractivity contribution in [3.63, 3.8) is 0 Å². The maximum Gasteiger partial charge on any atom is 0.310 e. The number of aryl methyl sites for hydroxylation is 1. The number of alkyl halides is 1. The van der Waals surface area contributed by atoms with E-state index in [2.05, 4.69) is 0 Å². The highest BCUT2D eigenvalue weighted by Crippen LogP contribution is 2.51. The fourth-order valence-corrected chi connectivity index (χ4v) is 6.84. The van der Waals surface area contributed by atoms with Gasteiger partial charge in [-0.15, -0.1) is 11.6 Å². The van der Waals surface area contributed by atoms with Crippen molar-refractivity contribution in [1.82, 2.24) is 0 Å². The van der Waals surface area contributed by atoms with Crippen LogP contribution in [0.5, 0.6) is 0 Å². The van der Waals surface area contributed by atoms with Crippen LogP contribution < -0.4 is 0 Å². The highest BCUT2D eigenvalue weighted by atomic mass is 35.5. The minimum Gasteiger partial charge on any atom is -0.460 e. The zero-order valence-electron chi connectivity index (χ0n) is 19.6. The van der Waals surface area contributed by atoms with Gasteiger partial charge in [-0.2, -0.15) is 0 Å². The van der Waals surface area contributed by atoms with E-state index in [1.165, 1.54) is 0 Å². The molecular formula is C27H35ClO3S. The third kappa shape index (κ3) is 6.02. The van der Waals surface area contributed by atoms with Crippen LogP contribution >= 0.6 is 11.6 Å². The van der Waals surface area contributed by atoms with Gasteiger partial charge in [0.05, 0.1) is 16.7 Å². The van der Waals surface area contributed by atoms with E-state index in [1.54, 1.807) is 0 Å². The number of hydrogen-bond acceptors (Lipinski definition) is 3. The Balaban J connectivity index is 2.02. The lowest BCUT2D eigenvalue weighted by Crippen LogP contribution is -2.48. The van der Waals surface area contributed by atoms with Gasteiger partial charge in [0.25, 0.3) is 0 Å². The molecule has 0 aliphatic heterocycles. The van der Waals surface area contributed by atoms with E-state index in [-0.39, 0.29) is 5.97 Å². The Morgan fingerprint density at radius 3 is 2.19 bits per heavy atom. The molecule has 0 bridgehead atoms. The predicted molar refractivity (Wildman–Crippen MR) is 132 cm³/mol. The number of halogens is 1. The second-order valence-corrected chi connectivity index (χ2v) is 12.2. The third-order valence-corrected chi connectivity index (χ3v) is 8.85. The molecule has 0 saturated heterocycles. The van der Waals surface area contributed by atoms with E-state index in [0.29, 0.717) is 11.3 Å². The number of carbonyl (C=O) groups excluding carboxylic acids is 1. The largest absolute Gasteiger partial charge is 0.460 e. The van der Waals surface area contributed by atoms with Crippen molar-refractivity contribution in [3.8, 4) is 0 Å². The van der Waals surface area contributed by atoms with E-state index >= 15 is 0 Å². The molecule has 0 aromatic heterocycles. The summed E-state index contributed by atoms with van der Waals surface area (Å²) in [6.45, 7) is 7.67. The maximum absolute atomic E-state index is 13.7. The van der Waals surface area contributed by atoms with Gasteiger partial charge in [-0.05, 0) is 64.7 Å². The number of esters is 1. The summed E-state index contributed by atoms with van der Waals surface area (Å²) in [5.41, 5.74) is 0.992. The number of carbonyl (C=O) groups is 1. The molecule has 0 radical (unpaired) electrons. The summed E-state index contributed by atoms with van der Waals surface area (Å²) in [5.74, 6) is -0.698. The van der Waals surface area contributed by atoms with Gasteiger partial charge >= 0.3 is 5.97 Å². The number of ether oxygens (including phenoxy) is 1. The van der Waals surface area contributed by atoms with Crippen LogP contribution in [0.25, 0.3) is 0 Å². The van der Waals surface area contributed by atoms with Crippen molar-refractivity contribution in [2.75, 3.05) is 0 Å². The highest BCUT2D eigenvalue weighted by molar-refractivity contribution is 7.87. The van der Waals surface area contributed by atoms with Gasteiger partial charge in [-0.1, -0.05) is 67.3 Å². The average Bonchev–Trinajstić information content (AvgIpc) is 2.77. The highest BCUT2D eigenvalue weighted by Gasteiger charge is 2.52. The topological polar surface area (TPSA) is 43.4 Å². The molecule has 2 aromatic rings. The molecule has 5 heteroatoms. The fraction of sp³-hybridized carbons (Fsp3) is 0.519. The van der Waals surface area contributed by atoms with Crippen molar-refractivity contribution in [2.24, 2.45) is 11.3 Å². The van der Waals surface area contributed by atoms with Crippen LogP contribution in [0.15, 0.2) is 59.5 Å². The van der Waals surface area contributed by atoms with Crippen molar-refractivity contribution >= 4 is 28.4 Å². The van der Waals surface area contributed by atoms with Gasteiger partial charge in [0.1, 0.15) is 10.3 Å². The average molecular weight is 475 g/mol. The van der Waals surface area contributed by atoms with E-state index in [0.717, 1.165) is 43.2 Å². The zero-order chi connectivity index (χ0) is 23.4. The molecule has 2 aromatic carbocycles.